The van der Waals surface area contributed by atoms with E-state index in [1.54, 1.807) is 12.1 Å². The van der Waals surface area contributed by atoms with Gasteiger partial charge in [0, 0.05) is 18.4 Å². The summed E-state index contributed by atoms with van der Waals surface area (Å²) in [4.78, 5) is 26.5. The van der Waals surface area contributed by atoms with Crippen molar-refractivity contribution in [3.63, 3.8) is 0 Å². The van der Waals surface area contributed by atoms with E-state index in [9.17, 15) is 22.8 Å². The van der Waals surface area contributed by atoms with Crippen LogP contribution in [0.3, 0.4) is 0 Å². The maximum atomic E-state index is 13.0. The first kappa shape index (κ1) is 22.8. The number of hydrogen-bond acceptors (Lipinski definition) is 5. The molecular formula is C21H21F3N2O4S. The molecule has 0 unspecified atom stereocenters. The molecule has 0 fully saturated rings. The molecule has 2 aromatic carbocycles. The third-order valence-electron chi connectivity index (χ3n) is 4.39. The van der Waals surface area contributed by atoms with Gasteiger partial charge in [0.25, 0.3) is 0 Å². The molecule has 2 aromatic rings. The van der Waals surface area contributed by atoms with Gasteiger partial charge in [-0.25, -0.2) is 0 Å². The van der Waals surface area contributed by atoms with Crippen molar-refractivity contribution in [3.8, 4) is 11.5 Å². The third kappa shape index (κ3) is 6.30. The van der Waals surface area contributed by atoms with Crippen molar-refractivity contribution in [2.75, 3.05) is 37.9 Å². The lowest BCUT2D eigenvalue weighted by Gasteiger charge is -2.18. The summed E-state index contributed by atoms with van der Waals surface area (Å²) in [6.45, 7) is 0.764. The van der Waals surface area contributed by atoms with Crippen LogP contribution in [0.2, 0.25) is 0 Å². The van der Waals surface area contributed by atoms with E-state index in [1.165, 1.54) is 41.9 Å². The van der Waals surface area contributed by atoms with Gasteiger partial charge in [0.1, 0.15) is 0 Å². The summed E-state index contributed by atoms with van der Waals surface area (Å²) in [5.74, 6) is 0.277. The second-order valence-electron chi connectivity index (χ2n) is 6.79. The molecule has 0 spiro atoms. The van der Waals surface area contributed by atoms with Crippen molar-refractivity contribution in [3.05, 3.63) is 48.0 Å². The minimum Gasteiger partial charge on any atom is -0.490 e. The number of likely N-dealkylation sites (N-methyl/N-ethyl adjacent to an activating group) is 1. The summed E-state index contributed by atoms with van der Waals surface area (Å²) in [7, 11) is 1.42. The summed E-state index contributed by atoms with van der Waals surface area (Å²) in [5.41, 5.74) is -1.29. The molecule has 0 saturated carbocycles. The van der Waals surface area contributed by atoms with E-state index in [2.05, 4.69) is 5.32 Å². The Kier molecular flexibility index (Phi) is 7.32. The molecule has 0 radical (unpaired) electrons. The number of carbonyl (C=O) groups excluding carboxylic acids is 2. The van der Waals surface area contributed by atoms with Crippen molar-refractivity contribution in [1.29, 1.82) is 0 Å². The number of hydrogen-bond donors (Lipinski definition) is 1. The van der Waals surface area contributed by atoms with Crippen LogP contribution in [0, 0.1) is 0 Å². The molecule has 166 valence electrons. The second-order valence-corrected chi connectivity index (χ2v) is 7.84. The summed E-state index contributed by atoms with van der Waals surface area (Å²) in [6, 6.07) is 10.1. The largest absolute Gasteiger partial charge is 0.490 e. The number of ether oxygens (including phenoxy) is 2. The zero-order valence-electron chi connectivity index (χ0n) is 16.7. The van der Waals surface area contributed by atoms with Crippen molar-refractivity contribution in [2.45, 2.75) is 17.5 Å². The first-order valence-electron chi connectivity index (χ1n) is 9.46. The van der Waals surface area contributed by atoms with E-state index < -0.39 is 17.6 Å². The average Bonchev–Trinajstić information content (AvgIpc) is 2.96. The minimum absolute atomic E-state index is 0.0581. The average molecular weight is 454 g/mol. The van der Waals surface area contributed by atoms with E-state index in [0.717, 1.165) is 17.4 Å². The molecule has 0 atom stereocenters. The molecule has 31 heavy (non-hydrogen) atoms. The van der Waals surface area contributed by atoms with Crippen LogP contribution >= 0.6 is 11.8 Å². The first-order valence-corrected chi connectivity index (χ1v) is 10.4. The first-order chi connectivity index (χ1) is 14.7. The number of fused-ring (bicyclic) bond motifs is 1. The third-order valence-corrected chi connectivity index (χ3v) is 5.37. The normalized spacial score (nSPS) is 13.3. The Morgan fingerprint density at radius 3 is 2.55 bits per heavy atom. The van der Waals surface area contributed by atoms with Crippen LogP contribution in [0.15, 0.2) is 47.4 Å². The van der Waals surface area contributed by atoms with Crippen molar-refractivity contribution in [2.24, 2.45) is 0 Å². The highest BCUT2D eigenvalue weighted by molar-refractivity contribution is 8.00. The fourth-order valence-corrected chi connectivity index (χ4v) is 3.69. The van der Waals surface area contributed by atoms with Gasteiger partial charge < -0.3 is 19.7 Å². The van der Waals surface area contributed by atoms with Gasteiger partial charge >= 0.3 is 6.18 Å². The molecule has 0 aliphatic carbocycles. The summed E-state index contributed by atoms with van der Waals surface area (Å²) >= 11 is 1.27. The molecule has 0 aromatic heterocycles. The zero-order chi connectivity index (χ0) is 22.4. The van der Waals surface area contributed by atoms with E-state index in [1.807, 2.05) is 6.07 Å². The van der Waals surface area contributed by atoms with Gasteiger partial charge in [-0.2, -0.15) is 13.2 Å². The Labute approximate surface area is 181 Å². The number of benzene rings is 2. The number of thioether (sulfide) groups is 1. The molecule has 0 bridgehead atoms. The molecule has 3 rings (SSSR count). The number of halogens is 3. The van der Waals surface area contributed by atoms with E-state index in [0.29, 0.717) is 24.7 Å². The predicted molar refractivity (Wildman–Crippen MR) is 110 cm³/mol. The standard InChI is InChI=1S/C21H21F3N2O4S/c1-26(12-19(27)25-16-6-3-2-5-15(16)21(22,23)24)20(28)13-31-14-7-8-17-18(11-14)30-10-4-9-29-17/h2-3,5-8,11H,4,9-10,12-13H2,1H3,(H,25,27). The van der Waals surface area contributed by atoms with Crippen LogP contribution < -0.4 is 14.8 Å². The van der Waals surface area contributed by atoms with Gasteiger partial charge in [0.2, 0.25) is 11.8 Å². The predicted octanol–water partition coefficient (Wildman–Crippen LogP) is 4.06. The number of nitrogens with one attached hydrogen (secondary N) is 1. The number of rotatable bonds is 6. The lowest BCUT2D eigenvalue weighted by Crippen LogP contribution is -2.36. The van der Waals surface area contributed by atoms with Crippen LogP contribution in [0.1, 0.15) is 12.0 Å². The summed E-state index contributed by atoms with van der Waals surface area (Å²) in [6.07, 6.45) is -3.80. The lowest BCUT2D eigenvalue weighted by atomic mass is 10.1. The lowest BCUT2D eigenvalue weighted by molar-refractivity contribution is -0.137. The molecule has 1 N–H and O–H groups in total. The number of amides is 2. The van der Waals surface area contributed by atoms with E-state index >= 15 is 0 Å². The number of nitrogens with zero attached hydrogens (tertiary/aromatic N) is 1. The fraction of sp³-hybridized carbons (Fsp3) is 0.333. The number of carbonyl (C=O) groups is 2. The number of anilines is 1. The molecule has 1 aliphatic heterocycles. The molecule has 6 nitrogen and oxygen atoms in total. The smallest absolute Gasteiger partial charge is 0.418 e. The van der Waals surface area contributed by atoms with Crippen molar-refractivity contribution in [1.82, 2.24) is 4.90 Å². The highest BCUT2D eigenvalue weighted by Crippen LogP contribution is 2.35. The number of alkyl halides is 3. The minimum atomic E-state index is -4.59. The monoisotopic (exact) mass is 454 g/mol. The van der Waals surface area contributed by atoms with E-state index in [4.69, 9.17) is 9.47 Å². The maximum Gasteiger partial charge on any atom is 0.418 e. The van der Waals surface area contributed by atoms with Crippen LogP contribution in [0.4, 0.5) is 18.9 Å². The highest BCUT2D eigenvalue weighted by Gasteiger charge is 2.33. The second kappa shape index (κ2) is 9.95. The summed E-state index contributed by atoms with van der Waals surface area (Å²) < 4.78 is 50.3. The quantitative estimate of drug-likeness (QED) is 0.667. The van der Waals surface area contributed by atoms with Crippen molar-refractivity contribution < 1.29 is 32.2 Å². The van der Waals surface area contributed by atoms with Gasteiger partial charge in [-0.1, -0.05) is 12.1 Å². The molecule has 0 saturated heterocycles. The van der Waals surface area contributed by atoms with Gasteiger partial charge in [0.15, 0.2) is 11.5 Å². The Hall–Kier alpha value is -2.88. The SMILES string of the molecule is CN(CC(=O)Nc1ccccc1C(F)(F)F)C(=O)CSc1ccc2c(c1)OCCCO2. The molecule has 2 amide bonds. The molecular weight excluding hydrogens is 433 g/mol. The number of para-hydroxylation sites is 1. The van der Waals surface area contributed by atoms with Gasteiger partial charge in [-0.3, -0.25) is 9.59 Å². The van der Waals surface area contributed by atoms with Crippen LogP contribution in [-0.2, 0) is 15.8 Å². The van der Waals surface area contributed by atoms with Crippen LogP contribution in [0.25, 0.3) is 0 Å². The van der Waals surface area contributed by atoms with Crippen LogP contribution in [0.5, 0.6) is 11.5 Å². The van der Waals surface area contributed by atoms with Gasteiger partial charge in [-0.05, 0) is 30.3 Å². The Morgan fingerprint density at radius 2 is 1.81 bits per heavy atom. The Balaban J connectivity index is 1.53. The Morgan fingerprint density at radius 1 is 1.10 bits per heavy atom. The zero-order valence-corrected chi connectivity index (χ0v) is 17.5. The summed E-state index contributed by atoms with van der Waals surface area (Å²) in [5, 5.41) is 2.23. The van der Waals surface area contributed by atoms with Crippen molar-refractivity contribution >= 4 is 29.3 Å². The molecule has 10 heteroatoms. The van der Waals surface area contributed by atoms with Crippen LogP contribution in [-0.4, -0.2) is 49.3 Å². The topological polar surface area (TPSA) is 67.9 Å². The van der Waals surface area contributed by atoms with E-state index in [-0.39, 0.29) is 23.9 Å². The highest BCUT2D eigenvalue weighted by atomic mass is 32.2. The van der Waals surface area contributed by atoms with Gasteiger partial charge in [0.05, 0.1) is 36.8 Å². The fourth-order valence-electron chi connectivity index (χ4n) is 2.82. The maximum absolute atomic E-state index is 13.0. The molecule has 1 aliphatic rings. The molecule has 1 heterocycles. The van der Waals surface area contributed by atoms with Gasteiger partial charge in [-0.15, -0.1) is 11.8 Å². The Bertz CT molecular complexity index is 952.